The molecule has 0 atom stereocenters. The van der Waals surface area contributed by atoms with Gasteiger partial charge in [-0.3, -0.25) is 19.4 Å². The smallest absolute Gasteiger partial charge is 0.301 e. The summed E-state index contributed by atoms with van der Waals surface area (Å²) in [5, 5.41) is 9.98. The van der Waals surface area contributed by atoms with Gasteiger partial charge in [0.2, 0.25) is 0 Å². The quantitative estimate of drug-likeness (QED) is 0.404. The minimum atomic E-state index is -0.800. The van der Waals surface area contributed by atoms with Crippen molar-refractivity contribution >= 4 is 23.3 Å². The summed E-state index contributed by atoms with van der Waals surface area (Å²) in [4.78, 5) is 45.4. The van der Waals surface area contributed by atoms with Gasteiger partial charge in [0.25, 0.3) is 11.7 Å². The van der Waals surface area contributed by atoms with E-state index in [9.17, 15) is 23.9 Å². The first-order valence-corrected chi connectivity index (χ1v) is 11.8. The molecule has 9 heteroatoms. The number of hydrogen-bond donors (Lipinski definition) is 2. The number of amides is 2. The Labute approximate surface area is 208 Å². The molecule has 1 aliphatic rings. The monoisotopic (exact) mass is 492 g/mol. The van der Waals surface area contributed by atoms with Crippen molar-refractivity contribution in [2.45, 2.75) is 51.7 Å². The van der Waals surface area contributed by atoms with E-state index >= 15 is 0 Å². The van der Waals surface area contributed by atoms with E-state index in [4.69, 9.17) is 5.73 Å². The second kappa shape index (κ2) is 10.0. The Bertz CT molecular complexity index is 1330. The van der Waals surface area contributed by atoms with Crippen LogP contribution in [-0.2, 0) is 11.8 Å². The number of halogens is 1. The number of aliphatic hydroxyl groups is 1. The lowest BCUT2D eigenvalue weighted by Gasteiger charge is -2.35. The average Bonchev–Trinajstić information content (AvgIpc) is 3.12. The Morgan fingerprint density at radius 2 is 1.72 bits per heavy atom. The maximum absolute atomic E-state index is 14.0. The first kappa shape index (κ1) is 25.2. The fourth-order valence-corrected chi connectivity index (χ4v) is 5.10. The second-order valence-corrected chi connectivity index (χ2v) is 9.26. The molecule has 0 bridgehead atoms. The molecule has 1 aromatic carbocycles. The maximum Gasteiger partial charge on any atom is 0.301 e. The van der Waals surface area contributed by atoms with Crippen LogP contribution in [0.3, 0.4) is 0 Å². The van der Waals surface area contributed by atoms with Crippen molar-refractivity contribution in [3.8, 4) is 11.3 Å². The van der Waals surface area contributed by atoms with Crippen LogP contribution in [0.2, 0.25) is 0 Å². The normalized spacial score (nSPS) is 17.6. The lowest BCUT2D eigenvalue weighted by molar-refractivity contribution is -0.115. The minimum absolute atomic E-state index is 0.0558. The Kier molecular flexibility index (Phi) is 7.03. The molecule has 0 radical (unpaired) electrons. The van der Waals surface area contributed by atoms with Gasteiger partial charge < -0.3 is 20.3 Å². The van der Waals surface area contributed by atoms with Gasteiger partial charge in [-0.1, -0.05) is 0 Å². The molecular formula is C27H29FN4O4. The van der Waals surface area contributed by atoms with Crippen molar-refractivity contribution < 1.29 is 23.9 Å². The zero-order valence-electron chi connectivity index (χ0n) is 20.5. The summed E-state index contributed by atoms with van der Waals surface area (Å²) in [5.41, 5.74) is 8.01. The first-order chi connectivity index (χ1) is 17.1. The van der Waals surface area contributed by atoms with Gasteiger partial charge >= 0.3 is 5.91 Å². The van der Waals surface area contributed by atoms with Crippen LogP contribution in [0, 0.1) is 19.7 Å². The summed E-state index contributed by atoms with van der Waals surface area (Å²) >= 11 is 0. The predicted octanol–water partition coefficient (Wildman–Crippen LogP) is 3.46. The van der Waals surface area contributed by atoms with Crippen LogP contribution in [0.15, 0.2) is 42.7 Å². The lowest BCUT2D eigenvalue weighted by Crippen LogP contribution is -2.47. The van der Waals surface area contributed by atoms with E-state index < -0.39 is 29.5 Å². The van der Waals surface area contributed by atoms with Gasteiger partial charge in [-0.05, 0) is 81.0 Å². The third kappa shape index (κ3) is 4.54. The Morgan fingerprint density at radius 1 is 1.08 bits per heavy atom. The summed E-state index contributed by atoms with van der Waals surface area (Å²) in [5.74, 6) is -2.72. The van der Waals surface area contributed by atoms with Gasteiger partial charge in [-0.2, -0.15) is 0 Å². The summed E-state index contributed by atoms with van der Waals surface area (Å²) in [6.45, 7) is 3.18. The van der Waals surface area contributed by atoms with E-state index in [0.29, 0.717) is 53.8 Å². The van der Waals surface area contributed by atoms with E-state index in [1.165, 1.54) is 21.6 Å². The van der Waals surface area contributed by atoms with E-state index in [0.717, 1.165) is 0 Å². The van der Waals surface area contributed by atoms with E-state index in [-0.39, 0.29) is 17.3 Å². The third-order valence-corrected chi connectivity index (χ3v) is 6.92. The Morgan fingerprint density at radius 3 is 2.31 bits per heavy atom. The number of carbonyl (C=O) groups is 3. The van der Waals surface area contributed by atoms with Crippen molar-refractivity contribution in [3.05, 3.63) is 70.9 Å². The standard InChI is InChI=1S/C27H29FN4O4/c1-15-14-19(6-9-21(15)28)32(18-4-7-20(33)8-5-18)27(36)25(34)23-16(2)22(26(29)35)24(31(23)3)17-10-12-30-13-11-17/h6,9-14,18,20,33H,4-5,7-8H2,1-3H3,(H2,29,35). The molecule has 0 saturated heterocycles. The number of Topliss-reactive ketones (excluding diaryl/α,β-unsaturated/α-hetero) is 1. The topological polar surface area (TPSA) is 119 Å². The Balaban J connectivity index is 1.82. The number of aliphatic hydroxyl groups excluding tert-OH is 1. The molecule has 8 nitrogen and oxygen atoms in total. The number of carbonyl (C=O) groups excluding carboxylic acids is 3. The molecule has 36 heavy (non-hydrogen) atoms. The van der Waals surface area contributed by atoms with Gasteiger partial charge in [0.1, 0.15) is 5.82 Å². The molecule has 0 unspecified atom stereocenters. The predicted molar refractivity (Wildman–Crippen MR) is 133 cm³/mol. The van der Waals surface area contributed by atoms with Crippen molar-refractivity contribution in [3.63, 3.8) is 0 Å². The summed E-state index contributed by atoms with van der Waals surface area (Å²) in [6.07, 6.45) is 4.64. The lowest BCUT2D eigenvalue weighted by atomic mass is 9.91. The van der Waals surface area contributed by atoms with Crippen molar-refractivity contribution in [1.82, 2.24) is 9.55 Å². The molecule has 2 heterocycles. The maximum atomic E-state index is 14.0. The number of nitrogens with two attached hydrogens (primary N) is 1. The molecule has 0 aliphatic heterocycles. The highest BCUT2D eigenvalue weighted by Crippen LogP contribution is 2.33. The third-order valence-electron chi connectivity index (χ3n) is 6.92. The van der Waals surface area contributed by atoms with Gasteiger partial charge in [0.15, 0.2) is 0 Å². The molecule has 1 fully saturated rings. The van der Waals surface area contributed by atoms with Crippen LogP contribution >= 0.6 is 0 Å². The SMILES string of the molecule is Cc1cc(N(C(=O)C(=O)c2c(C)c(C(N)=O)c(-c3ccncc3)n2C)C2CCC(O)CC2)ccc1F. The molecule has 3 N–H and O–H groups in total. The number of nitrogens with zero attached hydrogens (tertiary/aromatic N) is 3. The van der Waals surface area contributed by atoms with Gasteiger partial charge in [-0.15, -0.1) is 0 Å². The molecule has 2 aromatic heterocycles. The molecular weight excluding hydrogens is 463 g/mol. The molecule has 188 valence electrons. The average molecular weight is 493 g/mol. The van der Waals surface area contributed by atoms with Crippen LogP contribution in [-0.4, -0.2) is 44.4 Å². The van der Waals surface area contributed by atoms with Gasteiger partial charge in [-0.25, -0.2) is 4.39 Å². The molecule has 1 aliphatic carbocycles. The number of hydrogen-bond acceptors (Lipinski definition) is 5. The number of rotatable bonds is 6. The minimum Gasteiger partial charge on any atom is -0.393 e. The summed E-state index contributed by atoms with van der Waals surface area (Å²) < 4.78 is 15.5. The first-order valence-electron chi connectivity index (χ1n) is 11.8. The van der Waals surface area contributed by atoms with E-state index in [1.54, 1.807) is 51.5 Å². The Hall–Kier alpha value is -3.85. The van der Waals surface area contributed by atoms with E-state index in [2.05, 4.69) is 4.98 Å². The van der Waals surface area contributed by atoms with E-state index in [1.807, 2.05) is 0 Å². The van der Waals surface area contributed by atoms with Crippen molar-refractivity contribution in [2.24, 2.45) is 12.8 Å². The van der Waals surface area contributed by atoms with Crippen LogP contribution in [0.1, 0.15) is 57.7 Å². The number of ketones is 1. The summed E-state index contributed by atoms with van der Waals surface area (Å²) in [6, 6.07) is 7.34. The fourth-order valence-electron chi connectivity index (χ4n) is 5.10. The number of pyridine rings is 1. The van der Waals surface area contributed by atoms with Crippen molar-refractivity contribution in [1.29, 1.82) is 0 Å². The molecule has 1 saturated carbocycles. The molecule has 0 spiro atoms. The number of aromatic nitrogens is 2. The summed E-state index contributed by atoms with van der Waals surface area (Å²) in [7, 11) is 1.61. The van der Waals surface area contributed by atoms with Crippen LogP contribution in [0.25, 0.3) is 11.3 Å². The second-order valence-electron chi connectivity index (χ2n) is 9.26. The number of benzene rings is 1. The zero-order valence-corrected chi connectivity index (χ0v) is 20.5. The zero-order chi connectivity index (χ0) is 26.1. The fraction of sp³-hybridized carbons (Fsp3) is 0.333. The number of anilines is 1. The highest BCUT2D eigenvalue weighted by Gasteiger charge is 2.37. The van der Waals surface area contributed by atoms with Crippen LogP contribution < -0.4 is 10.6 Å². The molecule has 2 amide bonds. The highest BCUT2D eigenvalue weighted by atomic mass is 19.1. The van der Waals surface area contributed by atoms with Gasteiger partial charge in [0.05, 0.1) is 23.1 Å². The van der Waals surface area contributed by atoms with Crippen molar-refractivity contribution in [2.75, 3.05) is 4.90 Å². The number of aryl methyl sites for hydroxylation is 1. The van der Waals surface area contributed by atoms with Gasteiger partial charge in [0, 0.05) is 36.7 Å². The molecule has 3 aromatic rings. The highest BCUT2D eigenvalue weighted by molar-refractivity contribution is 6.47. The number of primary amides is 1. The largest absolute Gasteiger partial charge is 0.393 e. The van der Waals surface area contributed by atoms with Crippen LogP contribution in [0.4, 0.5) is 10.1 Å². The van der Waals surface area contributed by atoms with Crippen LogP contribution in [0.5, 0.6) is 0 Å². The molecule has 4 rings (SSSR count).